The fourth-order valence-corrected chi connectivity index (χ4v) is 4.88. The van der Waals surface area contributed by atoms with E-state index in [-0.39, 0.29) is 17.2 Å². The van der Waals surface area contributed by atoms with E-state index in [1.54, 1.807) is 28.6 Å². The standard InChI is InChI=1S/C19H21BrN2O3S/c20-17-6-2-3-7-18(17)21-19(23)14-15-8-10-16(11-9-15)26(24,25)22-12-4-1-5-13-22/h2-3,6-11H,1,4-5,12-14H2,(H,21,23). The Bertz CT molecular complexity index is 876. The van der Waals surface area contributed by atoms with Gasteiger partial charge in [-0.15, -0.1) is 0 Å². The van der Waals surface area contributed by atoms with E-state index in [1.807, 2.05) is 24.3 Å². The molecule has 1 heterocycles. The van der Waals surface area contributed by atoms with Crippen LogP contribution in [0.4, 0.5) is 5.69 Å². The number of para-hydroxylation sites is 1. The minimum atomic E-state index is -3.43. The third-order valence-electron chi connectivity index (χ3n) is 4.39. The van der Waals surface area contributed by atoms with Crippen LogP contribution in [0.2, 0.25) is 0 Å². The van der Waals surface area contributed by atoms with E-state index in [2.05, 4.69) is 21.2 Å². The Hall–Kier alpha value is -1.70. The van der Waals surface area contributed by atoms with Crippen LogP contribution in [-0.2, 0) is 21.2 Å². The molecule has 1 N–H and O–H groups in total. The molecule has 0 aliphatic carbocycles. The number of halogens is 1. The maximum atomic E-state index is 12.6. The van der Waals surface area contributed by atoms with Gasteiger partial charge in [-0.1, -0.05) is 30.7 Å². The van der Waals surface area contributed by atoms with Crippen LogP contribution in [0.3, 0.4) is 0 Å². The van der Waals surface area contributed by atoms with Crippen LogP contribution in [0, 0.1) is 0 Å². The Labute approximate surface area is 162 Å². The number of benzene rings is 2. The number of nitrogens with zero attached hydrogens (tertiary/aromatic N) is 1. The number of anilines is 1. The van der Waals surface area contributed by atoms with Gasteiger partial charge in [0.2, 0.25) is 15.9 Å². The van der Waals surface area contributed by atoms with Crippen molar-refractivity contribution in [1.82, 2.24) is 4.31 Å². The van der Waals surface area contributed by atoms with Crippen molar-refractivity contribution in [3.05, 3.63) is 58.6 Å². The number of carbonyl (C=O) groups is 1. The van der Waals surface area contributed by atoms with Gasteiger partial charge in [-0.2, -0.15) is 4.31 Å². The zero-order valence-electron chi connectivity index (χ0n) is 14.3. The number of sulfonamides is 1. The Morgan fingerprint density at radius 1 is 1.00 bits per heavy atom. The van der Waals surface area contributed by atoms with E-state index in [0.29, 0.717) is 18.8 Å². The molecule has 1 aliphatic rings. The first-order chi connectivity index (χ1) is 12.5. The molecule has 3 rings (SSSR count). The molecule has 0 aromatic heterocycles. The molecule has 0 unspecified atom stereocenters. The molecule has 5 nitrogen and oxygen atoms in total. The van der Waals surface area contributed by atoms with Gasteiger partial charge in [0, 0.05) is 17.6 Å². The lowest BCUT2D eigenvalue weighted by Crippen LogP contribution is -2.35. The number of nitrogens with one attached hydrogen (secondary N) is 1. The summed E-state index contributed by atoms with van der Waals surface area (Å²) in [6.07, 6.45) is 3.09. The largest absolute Gasteiger partial charge is 0.325 e. The molecule has 0 atom stereocenters. The molecular weight excluding hydrogens is 416 g/mol. The smallest absolute Gasteiger partial charge is 0.243 e. The first-order valence-corrected chi connectivity index (χ1v) is 10.8. The summed E-state index contributed by atoms with van der Waals surface area (Å²) in [5.41, 5.74) is 1.48. The molecule has 0 radical (unpaired) electrons. The first-order valence-electron chi connectivity index (χ1n) is 8.60. The molecular formula is C19H21BrN2O3S. The van der Waals surface area contributed by atoms with Gasteiger partial charge >= 0.3 is 0 Å². The number of carbonyl (C=O) groups excluding carboxylic acids is 1. The normalized spacial score (nSPS) is 15.6. The summed E-state index contributed by atoms with van der Waals surface area (Å²) >= 11 is 3.39. The van der Waals surface area contributed by atoms with Crippen LogP contribution >= 0.6 is 15.9 Å². The number of hydrogen-bond acceptors (Lipinski definition) is 3. The zero-order chi connectivity index (χ0) is 18.6. The number of rotatable bonds is 5. The van der Waals surface area contributed by atoms with Crippen LogP contribution in [0.15, 0.2) is 57.9 Å². The average molecular weight is 437 g/mol. The van der Waals surface area contributed by atoms with E-state index in [9.17, 15) is 13.2 Å². The van der Waals surface area contributed by atoms with Crippen LogP contribution in [-0.4, -0.2) is 31.7 Å². The quantitative estimate of drug-likeness (QED) is 0.774. The Morgan fingerprint density at radius 2 is 1.65 bits per heavy atom. The Kier molecular flexibility index (Phi) is 6.11. The highest BCUT2D eigenvalue weighted by molar-refractivity contribution is 9.10. The van der Waals surface area contributed by atoms with E-state index < -0.39 is 10.0 Å². The van der Waals surface area contributed by atoms with Crippen LogP contribution in [0.1, 0.15) is 24.8 Å². The van der Waals surface area contributed by atoms with Crippen LogP contribution < -0.4 is 5.32 Å². The zero-order valence-corrected chi connectivity index (χ0v) is 16.7. The van der Waals surface area contributed by atoms with Crippen molar-refractivity contribution in [2.45, 2.75) is 30.6 Å². The van der Waals surface area contributed by atoms with Gasteiger partial charge in [-0.05, 0) is 58.6 Å². The van der Waals surface area contributed by atoms with Crippen molar-refractivity contribution in [3.63, 3.8) is 0 Å². The lowest BCUT2D eigenvalue weighted by molar-refractivity contribution is -0.115. The van der Waals surface area contributed by atoms with E-state index in [0.717, 1.165) is 29.3 Å². The van der Waals surface area contributed by atoms with Crippen molar-refractivity contribution in [2.24, 2.45) is 0 Å². The molecule has 1 aliphatic heterocycles. The summed E-state index contributed by atoms with van der Waals surface area (Å²) in [7, 11) is -3.43. The second kappa shape index (κ2) is 8.33. The lowest BCUT2D eigenvalue weighted by Gasteiger charge is -2.25. The fourth-order valence-electron chi connectivity index (χ4n) is 2.98. The van der Waals surface area contributed by atoms with Gasteiger partial charge in [0.25, 0.3) is 0 Å². The Morgan fingerprint density at radius 3 is 2.31 bits per heavy atom. The number of amides is 1. The number of piperidine rings is 1. The number of hydrogen-bond donors (Lipinski definition) is 1. The summed E-state index contributed by atoms with van der Waals surface area (Å²) in [5, 5.41) is 2.84. The molecule has 2 aromatic carbocycles. The SMILES string of the molecule is O=C(Cc1ccc(S(=O)(=O)N2CCCCC2)cc1)Nc1ccccc1Br. The van der Waals surface area contributed by atoms with Gasteiger partial charge in [-0.25, -0.2) is 8.42 Å². The Balaban J connectivity index is 1.66. The summed E-state index contributed by atoms with van der Waals surface area (Å²) in [5.74, 6) is -0.150. The second-order valence-corrected chi connectivity index (χ2v) is 9.11. The van der Waals surface area contributed by atoms with Crippen LogP contribution in [0.25, 0.3) is 0 Å². The van der Waals surface area contributed by atoms with Crippen molar-refractivity contribution in [1.29, 1.82) is 0 Å². The maximum absolute atomic E-state index is 12.6. The third kappa shape index (κ3) is 4.52. The highest BCUT2D eigenvalue weighted by Crippen LogP contribution is 2.23. The molecule has 138 valence electrons. The monoisotopic (exact) mass is 436 g/mol. The predicted molar refractivity (Wildman–Crippen MR) is 106 cm³/mol. The van der Waals surface area contributed by atoms with Gasteiger partial charge in [0.15, 0.2) is 0 Å². The van der Waals surface area contributed by atoms with E-state index >= 15 is 0 Å². The van der Waals surface area contributed by atoms with E-state index in [1.165, 1.54) is 0 Å². The molecule has 1 amide bonds. The summed E-state index contributed by atoms with van der Waals surface area (Å²) in [4.78, 5) is 12.5. The lowest BCUT2D eigenvalue weighted by atomic mass is 10.1. The van der Waals surface area contributed by atoms with Gasteiger partial charge in [-0.3, -0.25) is 4.79 Å². The van der Waals surface area contributed by atoms with Crippen molar-refractivity contribution in [2.75, 3.05) is 18.4 Å². The van der Waals surface area contributed by atoms with Crippen molar-refractivity contribution in [3.8, 4) is 0 Å². The van der Waals surface area contributed by atoms with Crippen molar-refractivity contribution < 1.29 is 13.2 Å². The molecule has 0 spiro atoms. The molecule has 0 saturated carbocycles. The maximum Gasteiger partial charge on any atom is 0.243 e. The highest BCUT2D eigenvalue weighted by atomic mass is 79.9. The minimum Gasteiger partial charge on any atom is -0.325 e. The predicted octanol–water partition coefficient (Wildman–Crippen LogP) is 3.80. The topological polar surface area (TPSA) is 66.5 Å². The summed E-state index contributed by atoms with van der Waals surface area (Å²) in [6, 6.07) is 14.0. The van der Waals surface area contributed by atoms with Gasteiger partial charge in [0.1, 0.15) is 0 Å². The van der Waals surface area contributed by atoms with Crippen LogP contribution in [0.5, 0.6) is 0 Å². The summed E-state index contributed by atoms with van der Waals surface area (Å²) in [6.45, 7) is 1.16. The average Bonchev–Trinajstić information content (AvgIpc) is 2.65. The molecule has 26 heavy (non-hydrogen) atoms. The molecule has 1 fully saturated rings. The van der Waals surface area contributed by atoms with E-state index in [4.69, 9.17) is 0 Å². The van der Waals surface area contributed by atoms with Gasteiger partial charge in [0.05, 0.1) is 17.0 Å². The van der Waals surface area contributed by atoms with Crippen molar-refractivity contribution >= 4 is 37.5 Å². The van der Waals surface area contributed by atoms with Gasteiger partial charge < -0.3 is 5.32 Å². The third-order valence-corrected chi connectivity index (χ3v) is 6.99. The minimum absolute atomic E-state index is 0.150. The first kappa shape index (κ1) is 19.1. The molecule has 0 bridgehead atoms. The summed E-state index contributed by atoms with van der Waals surface area (Å²) < 4.78 is 27.6. The second-order valence-electron chi connectivity index (χ2n) is 6.31. The fraction of sp³-hybridized carbons (Fsp3) is 0.316. The highest BCUT2D eigenvalue weighted by Gasteiger charge is 2.25. The molecule has 1 saturated heterocycles. The molecule has 2 aromatic rings. The molecule has 7 heteroatoms.